The van der Waals surface area contributed by atoms with Crippen LogP contribution in [-0.4, -0.2) is 25.1 Å². The number of halogens is 3. The Morgan fingerprint density at radius 2 is 1.54 bits per heavy atom. The molecule has 0 spiro atoms. The highest BCUT2D eigenvalue weighted by molar-refractivity contribution is 6.11. The molecule has 0 aromatic heterocycles. The first kappa shape index (κ1) is 33.8. The van der Waals surface area contributed by atoms with Crippen molar-refractivity contribution < 1.29 is 41.8 Å². The first-order valence-corrected chi connectivity index (χ1v) is 15.1. The molecule has 0 saturated carbocycles. The molecule has 11 heteroatoms. The molecule has 0 fully saturated rings. The standard InChI is InChI=1S/C37H33F3N2O6/c1-23(19-21-31(43)48-30-17-11-10-16-29(30)37(38,39)40)18-20-27-33(32-28(22-47-35(32)44)24(2)34(27)46-3)41-36(45)42(25-12-6-4-7-13-25)26-14-8-5-9-15-26/h4-18H,19-22H2,1-3H3,(H,41,45)/b23-18+. The van der Waals surface area contributed by atoms with Gasteiger partial charge in [0.05, 0.1) is 35.3 Å². The minimum absolute atomic E-state index is 0.0229. The number of hydrogen-bond acceptors (Lipinski definition) is 6. The molecule has 5 rings (SSSR count). The molecule has 1 aliphatic rings. The van der Waals surface area contributed by atoms with Crippen LogP contribution in [0.3, 0.4) is 0 Å². The number of carbonyl (C=O) groups excluding carboxylic acids is 3. The molecule has 4 aromatic carbocycles. The molecule has 0 radical (unpaired) electrons. The summed E-state index contributed by atoms with van der Waals surface area (Å²) in [5.74, 6) is -1.49. The summed E-state index contributed by atoms with van der Waals surface area (Å²) in [6.45, 7) is 3.60. The number of amides is 2. The van der Waals surface area contributed by atoms with Gasteiger partial charge in [-0.3, -0.25) is 9.69 Å². The number of fused-ring (bicyclic) bond motifs is 1. The smallest absolute Gasteiger partial charge is 0.419 e. The van der Waals surface area contributed by atoms with Crippen molar-refractivity contribution in [2.75, 3.05) is 17.3 Å². The first-order valence-electron chi connectivity index (χ1n) is 15.1. The minimum Gasteiger partial charge on any atom is -0.496 e. The zero-order valence-corrected chi connectivity index (χ0v) is 26.5. The monoisotopic (exact) mass is 658 g/mol. The van der Waals surface area contributed by atoms with Gasteiger partial charge in [0.1, 0.15) is 18.1 Å². The molecular formula is C37H33F3N2O6. The number of carbonyl (C=O) groups is 3. The Morgan fingerprint density at radius 3 is 2.15 bits per heavy atom. The largest absolute Gasteiger partial charge is 0.496 e. The van der Waals surface area contributed by atoms with Crippen molar-refractivity contribution >= 4 is 35.0 Å². The Kier molecular flexibility index (Phi) is 10.2. The van der Waals surface area contributed by atoms with Crippen LogP contribution in [0.15, 0.2) is 96.6 Å². The van der Waals surface area contributed by atoms with Crippen molar-refractivity contribution in [3.05, 3.63) is 124 Å². The van der Waals surface area contributed by atoms with Gasteiger partial charge in [0, 0.05) is 17.5 Å². The lowest BCUT2D eigenvalue weighted by molar-refractivity contribution is -0.142. The van der Waals surface area contributed by atoms with Gasteiger partial charge in [-0.15, -0.1) is 0 Å². The molecule has 1 heterocycles. The van der Waals surface area contributed by atoms with E-state index >= 15 is 0 Å². The van der Waals surface area contributed by atoms with E-state index in [-0.39, 0.29) is 37.1 Å². The van der Waals surface area contributed by atoms with Crippen LogP contribution in [0.4, 0.5) is 35.0 Å². The molecule has 0 bridgehead atoms. The quantitative estimate of drug-likeness (QED) is 0.104. The predicted molar refractivity (Wildman–Crippen MR) is 175 cm³/mol. The van der Waals surface area contributed by atoms with E-state index in [0.29, 0.717) is 33.8 Å². The first-order chi connectivity index (χ1) is 23.0. The fourth-order valence-corrected chi connectivity index (χ4v) is 5.53. The number of nitrogens with one attached hydrogen (secondary N) is 1. The summed E-state index contributed by atoms with van der Waals surface area (Å²) in [4.78, 5) is 41.2. The van der Waals surface area contributed by atoms with Gasteiger partial charge < -0.3 is 19.5 Å². The lowest BCUT2D eigenvalue weighted by Crippen LogP contribution is -2.32. The number of anilines is 3. The number of nitrogens with zero attached hydrogens (tertiary/aromatic N) is 1. The Hall–Kier alpha value is -5.58. The number of esters is 2. The zero-order chi connectivity index (χ0) is 34.4. The van der Waals surface area contributed by atoms with Crippen LogP contribution in [-0.2, 0) is 28.7 Å². The predicted octanol–water partition coefficient (Wildman–Crippen LogP) is 8.94. The summed E-state index contributed by atoms with van der Waals surface area (Å²) in [5, 5.41) is 2.97. The number of cyclic esters (lactones) is 1. The van der Waals surface area contributed by atoms with E-state index in [2.05, 4.69) is 5.32 Å². The highest BCUT2D eigenvalue weighted by Gasteiger charge is 2.35. The average molecular weight is 659 g/mol. The third-order valence-corrected chi connectivity index (χ3v) is 7.93. The van der Waals surface area contributed by atoms with E-state index in [4.69, 9.17) is 14.2 Å². The van der Waals surface area contributed by atoms with Crippen LogP contribution in [0.2, 0.25) is 0 Å². The summed E-state index contributed by atoms with van der Waals surface area (Å²) in [6, 6.07) is 22.1. The van der Waals surface area contributed by atoms with Gasteiger partial charge in [0.15, 0.2) is 0 Å². The van der Waals surface area contributed by atoms with Crippen LogP contribution in [0.5, 0.6) is 11.5 Å². The van der Waals surface area contributed by atoms with Crippen LogP contribution in [0, 0.1) is 6.92 Å². The van der Waals surface area contributed by atoms with Crippen molar-refractivity contribution in [1.82, 2.24) is 0 Å². The summed E-state index contributed by atoms with van der Waals surface area (Å²) < 4.78 is 56.2. The Balaban J connectivity index is 1.43. The van der Waals surface area contributed by atoms with Crippen molar-refractivity contribution in [3.8, 4) is 11.5 Å². The number of allylic oxidation sites excluding steroid dienone is 2. The van der Waals surface area contributed by atoms with Crippen LogP contribution in [0.25, 0.3) is 0 Å². The van der Waals surface area contributed by atoms with Crippen molar-refractivity contribution in [2.24, 2.45) is 0 Å². The van der Waals surface area contributed by atoms with Crippen LogP contribution < -0.4 is 19.7 Å². The number of rotatable bonds is 10. The normalized spacial score (nSPS) is 12.6. The van der Waals surface area contributed by atoms with Crippen LogP contribution in [0.1, 0.15) is 52.4 Å². The number of benzene rings is 4. The van der Waals surface area contributed by atoms with Gasteiger partial charge in [-0.2, -0.15) is 13.2 Å². The van der Waals surface area contributed by atoms with E-state index in [1.165, 1.54) is 24.1 Å². The number of hydrogen-bond donors (Lipinski definition) is 1. The van der Waals surface area contributed by atoms with Gasteiger partial charge in [-0.25, -0.2) is 9.59 Å². The van der Waals surface area contributed by atoms with Gasteiger partial charge in [-0.1, -0.05) is 60.2 Å². The molecule has 0 unspecified atom stereocenters. The molecule has 4 aromatic rings. The van der Waals surface area contributed by atoms with Crippen molar-refractivity contribution in [2.45, 2.75) is 45.9 Å². The van der Waals surface area contributed by atoms with Gasteiger partial charge in [0.25, 0.3) is 0 Å². The molecule has 0 saturated heterocycles. The molecule has 1 aliphatic heterocycles. The molecule has 8 nitrogen and oxygen atoms in total. The average Bonchev–Trinajstić information content (AvgIpc) is 3.46. The topological polar surface area (TPSA) is 94.2 Å². The van der Waals surface area contributed by atoms with Crippen LogP contribution >= 0.6 is 0 Å². The zero-order valence-electron chi connectivity index (χ0n) is 26.5. The van der Waals surface area contributed by atoms with E-state index in [9.17, 15) is 27.6 Å². The van der Waals surface area contributed by atoms with E-state index < -0.39 is 35.5 Å². The number of urea groups is 1. The maximum absolute atomic E-state index is 14.1. The summed E-state index contributed by atoms with van der Waals surface area (Å²) in [6.07, 6.45) is -2.65. The SMILES string of the molecule is COc1c(C)c2c(c(NC(=O)N(c3ccccc3)c3ccccc3)c1C/C=C(\C)CCC(=O)Oc1ccccc1C(F)(F)F)C(=O)OC2. The Bertz CT molecular complexity index is 1820. The fourth-order valence-electron chi connectivity index (χ4n) is 5.53. The van der Waals surface area contributed by atoms with E-state index in [1.54, 1.807) is 38.1 Å². The van der Waals surface area contributed by atoms with Gasteiger partial charge in [-0.05, 0) is 68.7 Å². The molecular weight excluding hydrogens is 625 g/mol. The van der Waals surface area contributed by atoms with Gasteiger partial charge >= 0.3 is 24.1 Å². The number of ether oxygens (including phenoxy) is 3. The lowest BCUT2D eigenvalue weighted by atomic mass is 9.93. The molecule has 0 atom stereocenters. The second-order valence-electron chi connectivity index (χ2n) is 11.1. The Morgan fingerprint density at radius 1 is 0.938 bits per heavy atom. The fraction of sp³-hybridized carbons (Fsp3) is 0.216. The van der Waals surface area contributed by atoms with E-state index in [1.807, 2.05) is 42.5 Å². The third kappa shape index (κ3) is 7.35. The van der Waals surface area contributed by atoms with Crippen molar-refractivity contribution in [3.63, 3.8) is 0 Å². The molecule has 1 N–H and O–H groups in total. The molecule has 2 amide bonds. The second-order valence-corrected chi connectivity index (χ2v) is 11.1. The maximum atomic E-state index is 14.1. The Labute approximate surface area is 275 Å². The summed E-state index contributed by atoms with van der Waals surface area (Å²) >= 11 is 0. The number of para-hydroxylation sites is 3. The summed E-state index contributed by atoms with van der Waals surface area (Å²) in [7, 11) is 1.49. The van der Waals surface area contributed by atoms with Crippen molar-refractivity contribution in [1.29, 1.82) is 0 Å². The highest BCUT2D eigenvalue weighted by atomic mass is 19.4. The van der Waals surface area contributed by atoms with Gasteiger partial charge in [0.2, 0.25) is 0 Å². The molecule has 248 valence electrons. The van der Waals surface area contributed by atoms with E-state index in [0.717, 1.165) is 17.7 Å². The lowest BCUT2D eigenvalue weighted by Gasteiger charge is -2.26. The third-order valence-electron chi connectivity index (χ3n) is 7.93. The number of alkyl halides is 3. The molecule has 0 aliphatic carbocycles. The highest BCUT2D eigenvalue weighted by Crippen LogP contribution is 2.42. The summed E-state index contributed by atoms with van der Waals surface area (Å²) in [5.41, 5.74) is 3.17. The minimum atomic E-state index is -4.67. The maximum Gasteiger partial charge on any atom is 0.419 e. The molecule has 48 heavy (non-hydrogen) atoms. The number of methoxy groups -OCH3 is 1. The second kappa shape index (κ2) is 14.5.